The first kappa shape index (κ1) is 18.7. The number of nitrogens with zero attached hydrogens (tertiary/aromatic N) is 2. The zero-order valence-electron chi connectivity index (χ0n) is 14.6. The Morgan fingerprint density at radius 1 is 1.26 bits per heavy atom. The van der Waals surface area contributed by atoms with Crippen molar-refractivity contribution in [3.8, 4) is 5.75 Å². The fraction of sp³-hybridized carbons (Fsp3) is 0.158. The van der Waals surface area contributed by atoms with Crippen molar-refractivity contribution in [2.24, 2.45) is 10.2 Å². The van der Waals surface area contributed by atoms with E-state index in [0.29, 0.717) is 22.2 Å². The van der Waals surface area contributed by atoms with Crippen molar-refractivity contribution in [2.75, 3.05) is 17.7 Å². The highest BCUT2D eigenvalue weighted by atomic mass is 32.2. The zero-order chi connectivity index (χ0) is 19.1. The minimum Gasteiger partial charge on any atom is -0.483 e. The summed E-state index contributed by atoms with van der Waals surface area (Å²) in [5.74, 6) is 0.535. The van der Waals surface area contributed by atoms with Crippen LogP contribution in [0.1, 0.15) is 11.1 Å². The van der Waals surface area contributed by atoms with Crippen molar-refractivity contribution in [2.45, 2.75) is 6.92 Å². The van der Waals surface area contributed by atoms with Crippen molar-refractivity contribution in [1.29, 1.82) is 0 Å². The van der Waals surface area contributed by atoms with Crippen LogP contribution in [0, 0.1) is 6.92 Å². The Hall–Kier alpha value is -3.13. The third kappa shape index (κ3) is 5.42. The van der Waals surface area contributed by atoms with Gasteiger partial charge < -0.3 is 15.4 Å². The fourth-order valence-corrected chi connectivity index (χ4v) is 2.91. The summed E-state index contributed by atoms with van der Waals surface area (Å²) in [4.78, 5) is 23.3. The maximum atomic E-state index is 12.1. The minimum absolute atomic E-state index is 0.0858. The monoisotopic (exact) mass is 382 g/mol. The highest BCUT2D eigenvalue weighted by molar-refractivity contribution is 8.15. The van der Waals surface area contributed by atoms with Gasteiger partial charge in [-0.2, -0.15) is 5.10 Å². The van der Waals surface area contributed by atoms with Gasteiger partial charge in [-0.05, 0) is 30.7 Å². The minimum atomic E-state index is -0.249. The van der Waals surface area contributed by atoms with Gasteiger partial charge in [-0.15, -0.1) is 5.10 Å². The van der Waals surface area contributed by atoms with Crippen LogP contribution in [-0.2, 0) is 9.59 Å². The normalized spacial score (nSPS) is 15.1. The lowest BCUT2D eigenvalue weighted by molar-refractivity contribution is -0.118. The molecule has 2 aromatic rings. The number of amides is 2. The van der Waals surface area contributed by atoms with E-state index >= 15 is 0 Å². The third-order valence-corrected chi connectivity index (χ3v) is 4.49. The van der Waals surface area contributed by atoms with Gasteiger partial charge in [-0.3, -0.25) is 9.59 Å². The molecular weight excluding hydrogens is 364 g/mol. The number of carbonyl (C=O) groups excluding carboxylic acids is 2. The smallest absolute Gasteiger partial charge is 0.262 e. The SMILES string of the molecule is Cc1ccccc1NC(=O)COc1ccccc1C=NN=C1NC(=O)CS1. The van der Waals surface area contributed by atoms with Crippen LogP contribution in [-0.4, -0.2) is 35.6 Å². The Morgan fingerprint density at radius 3 is 2.81 bits per heavy atom. The molecule has 138 valence electrons. The summed E-state index contributed by atoms with van der Waals surface area (Å²) < 4.78 is 5.62. The molecule has 0 radical (unpaired) electrons. The topological polar surface area (TPSA) is 92.2 Å². The molecule has 0 bridgehead atoms. The maximum absolute atomic E-state index is 12.1. The van der Waals surface area contributed by atoms with E-state index in [4.69, 9.17) is 4.74 Å². The van der Waals surface area contributed by atoms with Gasteiger partial charge in [0, 0.05) is 11.3 Å². The lowest BCUT2D eigenvalue weighted by Gasteiger charge is -2.10. The van der Waals surface area contributed by atoms with E-state index in [1.54, 1.807) is 12.1 Å². The summed E-state index contributed by atoms with van der Waals surface area (Å²) in [7, 11) is 0. The van der Waals surface area contributed by atoms with Crippen LogP contribution in [0.5, 0.6) is 5.75 Å². The van der Waals surface area contributed by atoms with Crippen molar-refractivity contribution < 1.29 is 14.3 Å². The number of carbonyl (C=O) groups is 2. The fourth-order valence-electron chi connectivity index (χ4n) is 2.28. The molecule has 0 atom stereocenters. The number of ether oxygens (including phenoxy) is 1. The lowest BCUT2D eigenvalue weighted by Crippen LogP contribution is -2.21. The molecule has 2 amide bonds. The molecule has 1 saturated heterocycles. The van der Waals surface area contributed by atoms with Crippen molar-refractivity contribution in [3.63, 3.8) is 0 Å². The lowest BCUT2D eigenvalue weighted by atomic mass is 10.2. The summed E-state index contributed by atoms with van der Waals surface area (Å²) in [5.41, 5.74) is 2.42. The Labute approximate surface area is 160 Å². The van der Waals surface area contributed by atoms with Crippen molar-refractivity contribution in [1.82, 2.24) is 5.32 Å². The summed E-state index contributed by atoms with van der Waals surface area (Å²) in [6.45, 7) is 1.80. The molecule has 1 aliphatic heterocycles. The van der Waals surface area contributed by atoms with Crippen molar-refractivity contribution in [3.05, 3.63) is 59.7 Å². The summed E-state index contributed by atoms with van der Waals surface area (Å²) in [5, 5.41) is 13.8. The molecule has 0 saturated carbocycles. The number of hydrogen-bond donors (Lipinski definition) is 2. The van der Waals surface area contributed by atoms with Crippen molar-refractivity contribution >= 4 is 40.6 Å². The predicted octanol–water partition coefficient (Wildman–Crippen LogP) is 2.57. The number of rotatable bonds is 6. The predicted molar refractivity (Wildman–Crippen MR) is 107 cm³/mol. The molecule has 1 aliphatic rings. The molecule has 0 aromatic heterocycles. The van der Waals surface area contributed by atoms with Gasteiger partial charge in [0.1, 0.15) is 5.75 Å². The highest BCUT2D eigenvalue weighted by Crippen LogP contribution is 2.17. The molecule has 0 aliphatic carbocycles. The van der Waals surface area contributed by atoms with Crippen LogP contribution in [0.25, 0.3) is 0 Å². The average Bonchev–Trinajstić information content (AvgIpc) is 3.08. The molecule has 1 fully saturated rings. The second-order valence-electron chi connectivity index (χ2n) is 5.68. The largest absolute Gasteiger partial charge is 0.483 e. The van der Waals surface area contributed by atoms with Crippen LogP contribution in [0.15, 0.2) is 58.7 Å². The molecule has 2 N–H and O–H groups in total. The summed E-state index contributed by atoms with van der Waals surface area (Å²) in [6, 6.07) is 14.7. The molecule has 27 heavy (non-hydrogen) atoms. The van der Waals surface area contributed by atoms with Crippen LogP contribution in [0.3, 0.4) is 0 Å². The Bertz CT molecular complexity index is 911. The average molecular weight is 382 g/mol. The molecule has 7 nitrogen and oxygen atoms in total. The number of hydrogen-bond acceptors (Lipinski definition) is 6. The molecule has 0 unspecified atom stereocenters. The van der Waals surface area contributed by atoms with E-state index in [0.717, 1.165) is 11.3 Å². The van der Waals surface area contributed by atoms with E-state index in [-0.39, 0.29) is 18.4 Å². The molecular formula is C19H18N4O3S. The van der Waals surface area contributed by atoms with Crippen LogP contribution < -0.4 is 15.4 Å². The molecule has 2 aromatic carbocycles. The van der Waals surface area contributed by atoms with E-state index in [1.807, 2.05) is 43.3 Å². The van der Waals surface area contributed by atoms with Crippen LogP contribution in [0.4, 0.5) is 5.69 Å². The quantitative estimate of drug-likeness (QED) is 0.593. The number of para-hydroxylation sites is 2. The first-order valence-corrected chi connectivity index (χ1v) is 9.21. The Morgan fingerprint density at radius 2 is 2.04 bits per heavy atom. The van der Waals surface area contributed by atoms with Crippen LogP contribution in [0.2, 0.25) is 0 Å². The summed E-state index contributed by atoms with van der Waals surface area (Å²) in [6.07, 6.45) is 1.52. The number of amidine groups is 1. The third-order valence-electron chi connectivity index (χ3n) is 3.63. The van der Waals surface area contributed by atoms with E-state index < -0.39 is 0 Å². The van der Waals surface area contributed by atoms with Gasteiger partial charge in [-0.1, -0.05) is 42.1 Å². The van der Waals surface area contributed by atoms with Gasteiger partial charge in [0.15, 0.2) is 11.8 Å². The van der Waals surface area contributed by atoms with Gasteiger partial charge in [0.05, 0.1) is 12.0 Å². The van der Waals surface area contributed by atoms with Gasteiger partial charge >= 0.3 is 0 Å². The van der Waals surface area contributed by atoms with Crippen LogP contribution >= 0.6 is 11.8 Å². The second-order valence-corrected chi connectivity index (χ2v) is 6.64. The summed E-state index contributed by atoms with van der Waals surface area (Å²) >= 11 is 1.30. The van der Waals surface area contributed by atoms with Gasteiger partial charge in [0.25, 0.3) is 5.91 Å². The van der Waals surface area contributed by atoms with E-state index in [2.05, 4.69) is 20.8 Å². The number of nitrogens with one attached hydrogen (secondary N) is 2. The number of anilines is 1. The van der Waals surface area contributed by atoms with Gasteiger partial charge in [0.2, 0.25) is 5.91 Å². The standard InChI is InChI=1S/C19H18N4O3S/c1-13-6-2-4-8-15(13)21-17(24)11-26-16-9-5-3-7-14(16)10-20-23-19-22-18(25)12-27-19/h2-10H,11-12H2,1H3,(H,21,24)(H,22,23,25). The number of benzene rings is 2. The number of aryl methyl sites for hydroxylation is 1. The molecule has 3 rings (SSSR count). The first-order chi connectivity index (χ1) is 13.1. The Kier molecular flexibility index (Phi) is 6.22. The molecule has 8 heteroatoms. The van der Waals surface area contributed by atoms with E-state index in [1.165, 1.54) is 18.0 Å². The molecule has 0 spiro atoms. The zero-order valence-corrected chi connectivity index (χ0v) is 15.5. The molecule has 1 heterocycles. The highest BCUT2D eigenvalue weighted by Gasteiger charge is 2.16. The van der Waals surface area contributed by atoms with Gasteiger partial charge in [-0.25, -0.2) is 0 Å². The Balaban J connectivity index is 1.60. The maximum Gasteiger partial charge on any atom is 0.262 e. The number of thioether (sulfide) groups is 1. The van der Waals surface area contributed by atoms with E-state index in [9.17, 15) is 9.59 Å². The second kappa shape index (κ2) is 9.00. The first-order valence-electron chi connectivity index (χ1n) is 8.23.